The highest BCUT2D eigenvalue weighted by atomic mass is 19.1. The maximum absolute atomic E-state index is 15.4. The molecule has 10 nitrogen and oxygen atoms in total. The first kappa shape index (κ1) is 31.0. The molecule has 2 saturated heterocycles. The maximum atomic E-state index is 15.4. The number of hydrogen-bond acceptors (Lipinski definition) is 9. The van der Waals surface area contributed by atoms with Gasteiger partial charge in [0.05, 0.1) is 23.3 Å². The van der Waals surface area contributed by atoms with Gasteiger partial charge < -0.3 is 35.6 Å². The second-order valence-corrected chi connectivity index (χ2v) is 11.8. The molecule has 0 spiro atoms. The van der Waals surface area contributed by atoms with E-state index in [-0.39, 0.29) is 11.7 Å². The quantitative estimate of drug-likeness (QED) is 0.213. The van der Waals surface area contributed by atoms with Crippen molar-refractivity contribution in [2.24, 2.45) is 0 Å². The van der Waals surface area contributed by atoms with E-state index in [1.54, 1.807) is 12.3 Å². The summed E-state index contributed by atoms with van der Waals surface area (Å²) in [4.78, 5) is 30.6. The molecule has 6 rings (SSSR count). The van der Waals surface area contributed by atoms with Gasteiger partial charge in [0.25, 0.3) is 0 Å². The van der Waals surface area contributed by atoms with Gasteiger partial charge in [0.1, 0.15) is 5.82 Å². The van der Waals surface area contributed by atoms with Crippen LogP contribution in [0.2, 0.25) is 0 Å². The third-order valence-electron chi connectivity index (χ3n) is 8.42. The SMILES string of the molecule is C=CC(=O)Nc1cccc(-c2nc(Nc3cccc(N4CCN(C)CC4)c3)ncc2Nc2ccc(N3CCN(C)CC3)c(F)c2)c1. The smallest absolute Gasteiger partial charge is 0.247 e. The molecule has 3 heterocycles. The lowest BCUT2D eigenvalue weighted by atomic mass is 10.1. The van der Waals surface area contributed by atoms with Crippen LogP contribution < -0.4 is 25.8 Å². The van der Waals surface area contributed by atoms with Gasteiger partial charge in [0.2, 0.25) is 11.9 Å². The van der Waals surface area contributed by atoms with E-state index < -0.39 is 0 Å². The van der Waals surface area contributed by atoms with Gasteiger partial charge in [0, 0.05) is 80.7 Å². The van der Waals surface area contributed by atoms with Gasteiger partial charge in [0.15, 0.2) is 0 Å². The van der Waals surface area contributed by atoms with Gasteiger partial charge in [-0.15, -0.1) is 0 Å². The molecular formula is C35H40FN9O. The average molecular weight is 622 g/mol. The number of nitrogens with zero attached hydrogens (tertiary/aromatic N) is 6. The van der Waals surface area contributed by atoms with Crippen molar-refractivity contribution in [3.63, 3.8) is 0 Å². The zero-order valence-electron chi connectivity index (χ0n) is 26.3. The summed E-state index contributed by atoms with van der Waals surface area (Å²) < 4.78 is 15.4. The second kappa shape index (κ2) is 14.0. The Morgan fingerprint density at radius 3 is 2.20 bits per heavy atom. The third kappa shape index (κ3) is 7.44. The molecule has 2 fully saturated rings. The minimum Gasteiger partial charge on any atom is -0.369 e. The number of carbonyl (C=O) groups excluding carboxylic acids is 1. The lowest BCUT2D eigenvalue weighted by Gasteiger charge is -2.34. The Bertz CT molecular complexity index is 1700. The van der Waals surface area contributed by atoms with Crippen molar-refractivity contribution in [2.75, 3.05) is 92.2 Å². The summed E-state index contributed by atoms with van der Waals surface area (Å²) in [7, 11) is 4.22. The highest BCUT2D eigenvalue weighted by molar-refractivity contribution is 5.99. The Balaban J connectivity index is 1.29. The highest BCUT2D eigenvalue weighted by Gasteiger charge is 2.19. The van der Waals surface area contributed by atoms with Crippen molar-refractivity contribution in [1.82, 2.24) is 19.8 Å². The monoisotopic (exact) mass is 621 g/mol. The van der Waals surface area contributed by atoms with Crippen LogP contribution in [0.1, 0.15) is 0 Å². The summed E-state index contributed by atoms with van der Waals surface area (Å²) in [5, 5.41) is 9.51. The Hall–Kier alpha value is -5.00. The minimum atomic E-state index is -0.309. The predicted octanol–water partition coefficient (Wildman–Crippen LogP) is 5.40. The number of halogens is 1. The molecule has 1 amide bonds. The third-order valence-corrected chi connectivity index (χ3v) is 8.42. The molecule has 11 heteroatoms. The van der Waals surface area contributed by atoms with E-state index in [1.807, 2.05) is 42.5 Å². The normalized spacial score (nSPS) is 15.8. The molecule has 238 valence electrons. The van der Waals surface area contributed by atoms with E-state index in [0.717, 1.165) is 69.3 Å². The summed E-state index contributed by atoms with van der Waals surface area (Å²) in [5.74, 6) is -0.186. The van der Waals surface area contributed by atoms with E-state index in [1.165, 1.54) is 12.1 Å². The van der Waals surface area contributed by atoms with E-state index in [4.69, 9.17) is 4.98 Å². The van der Waals surface area contributed by atoms with Gasteiger partial charge in [-0.05, 0) is 68.7 Å². The molecule has 0 aliphatic carbocycles. The highest BCUT2D eigenvalue weighted by Crippen LogP contribution is 2.33. The fraction of sp³-hybridized carbons (Fsp3) is 0.286. The number of anilines is 7. The molecule has 2 aliphatic rings. The van der Waals surface area contributed by atoms with Crippen LogP contribution in [0.4, 0.5) is 44.5 Å². The van der Waals surface area contributed by atoms with Crippen LogP contribution in [-0.4, -0.2) is 92.1 Å². The number of benzene rings is 3. The van der Waals surface area contributed by atoms with Crippen LogP contribution in [0.5, 0.6) is 0 Å². The Morgan fingerprint density at radius 2 is 1.48 bits per heavy atom. The van der Waals surface area contributed by atoms with Crippen molar-refractivity contribution in [2.45, 2.75) is 0 Å². The Labute approximate surface area is 269 Å². The number of amides is 1. The van der Waals surface area contributed by atoms with Crippen LogP contribution in [0.3, 0.4) is 0 Å². The zero-order valence-corrected chi connectivity index (χ0v) is 26.3. The minimum absolute atomic E-state index is 0.287. The lowest BCUT2D eigenvalue weighted by molar-refractivity contribution is -0.111. The zero-order chi connectivity index (χ0) is 32.0. The first-order valence-corrected chi connectivity index (χ1v) is 15.6. The molecule has 46 heavy (non-hydrogen) atoms. The molecule has 2 aliphatic heterocycles. The van der Waals surface area contributed by atoms with Crippen molar-refractivity contribution >= 4 is 46.0 Å². The first-order chi connectivity index (χ1) is 22.3. The Morgan fingerprint density at radius 1 is 0.804 bits per heavy atom. The number of aromatic nitrogens is 2. The van der Waals surface area contributed by atoms with Crippen LogP contribution in [-0.2, 0) is 4.79 Å². The van der Waals surface area contributed by atoms with Crippen LogP contribution in [0, 0.1) is 5.82 Å². The van der Waals surface area contributed by atoms with Crippen molar-refractivity contribution in [3.8, 4) is 11.3 Å². The number of piperazine rings is 2. The lowest BCUT2D eigenvalue weighted by Crippen LogP contribution is -2.44. The predicted molar refractivity (Wildman–Crippen MR) is 185 cm³/mol. The molecule has 1 aromatic heterocycles. The van der Waals surface area contributed by atoms with Gasteiger partial charge in [-0.2, -0.15) is 0 Å². The van der Waals surface area contributed by atoms with Gasteiger partial charge in [-0.1, -0.05) is 24.8 Å². The molecule has 0 atom stereocenters. The average Bonchev–Trinajstić information content (AvgIpc) is 3.06. The molecule has 0 saturated carbocycles. The van der Waals surface area contributed by atoms with Crippen LogP contribution >= 0.6 is 0 Å². The summed E-state index contributed by atoms with van der Waals surface area (Å²) in [6.07, 6.45) is 2.92. The number of rotatable bonds is 9. The topological polar surface area (TPSA) is 91.9 Å². The van der Waals surface area contributed by atoms with Crippen molar-refractivity contribution in [3.05, 3.63) is 91.4 Å². The molecule has 3 N–H and O–H groups in total. The fourth-order valence-electron chi connectivity index (χ4n) is 5.71. The first-order valence-electron chi connectivity index (χ1n) is 15.6. The number of carbonyl (C=O) groups is 1. The van der Waals surface area contributed by atoms with E-state index in [0.29, 0.717) is 34.4 Å². The molecule has 0 unspecified atom stereocenters. The second-order valence-electron chi connectivity index (χ2n) is 11.8. The summed E-state index contributed by atoms with van der Waals surface area (Å²) >= 11 is 0. The van der Waals surface area contributed by atoms with E-state index in [2.05, 4.69) is 73.3 Å². The number of nitrogens with one attached hydrogen (secondary N) is 3. The molecule has 4 aromatic rings. The van der Waals surface area contributed by atoms with Crippen LogP contribution in [0.25, 0.3) is 11.3 Å². The number of hydrogen-bond donors (Lipinski definition) is 3. The largest absolute Gasteiger partial charge is 0.369 e. The maximum Gasteiger partial charge on any atom is 0.247 e. The fourth-order valence-corrected chi connectivity index (χ4v) is 5.71. The molecular weight excluding hydrogens is 581 g/mol. The summed E-state index contributed by atoms with van der Waals surface area (Å²) in [6, 6.07) is 20.8. The molecule has 3 aromatic carbocycles. The van der Waals surface area contributed by atoms with Gasteiger partial charge in [-0.3, -0.25) is 4.79 Å². The van der Waals surface area contributed by atoms with E-state index in [9.17, 15) is 4.79 Å². The van der Waals surface area contributed by atoms with Crippen molar-refractivity contribution < 1.29 is 9.18 Å². The molecule has 0 radical (unpaired) electrons. The van der Waals surface area contributed by atoms with Crippen LogP contribution in [0.15, 0.2) is 85.6 Å². The Kier molecular flexibility index (Phi) is 9.41. The van der Waals surface area contributed by atoms with Gasteiger partial charge >= 0.3 is 0 Å². The summed E-state index contributed by atoms with van der Waals surface area (Å²) in [5.41, 5.74) is 5.72. The van der Waals surface area contributed by atoms with Crippen molar-refractivity contribution in [1.29, 1.82) is 0 Å². The summed E-state index contributed by atoms with van der Waals surface area (Å²) in [6.45, 7) is 10.9. The molecule has 0 bridgehead atoms. The van der Waals surface area contributed by atoms with Gasteiger partial charge in [-0.25, -0.2) is 14.4 Å². The van der Waals surface area contributed by atoms with E-state index >= 15 is 4.39 Å². The standard InChI is InChI=1S/C35H40FN9O/c1-4-33(46)39-26-8-5-7-25(21-26)34-31(38-28-11-12-32(30(36)23-28)45-19-15-43(3)16-20-45)24-37-35(41-34)40-27-9-6-10-29(22-27)44-17-13-42(2)14-18-44/h4-12,21-24,38H,1,13-20H2,2-3H3,(H,39,46)(H,37,40,41). The number of likely N-dealkylation sites (N-methyl/N-ethyl adjacent to an activating group) is 2.